The van der Waals surface area contributed by atoms with Gasteiger partial charge in [0.05, 0.1) is 11.1 Å². The first-order chi connectivity index (χ1) is 13.7. The lowest BCUT2D eigenvalue weighted by molar-refractivity contribution is 0.0994. The molecule has 4 rings (SSSR count). The lowest BCUT2D eigenvalue weighted by Gasteiger charge is -2.08. The number of anilines is 2. The summed E-state index contributed by atoms with van der Waals surface area (Å²) in [6, 6.07) is 21.9. The van der Waals surface area contributed by atoms with E-state index in [1.54, 1.807) is 36.4 Å². The fourth-order valence-corrected chi connectivity index (χ4v) is 3.57. The van der Waals surface area contributed by atoms with E-state index in [1.165, 1.54) is 17.6 Å². The molecule has 2 aromatic heterocycles. The van der Waals surface area contributed by atoms with Crippen LogP contribution < -0.4 is 10.6 Å². The van der Waals surface area contributed by atoms with Gasteiger partial charge in [-0.05, 0) is 53.4 Å². The number of amides is 2. The van der Waals surface area contributed by atoms with E-state index in [-0.39, 0.29) is 17.6 Å². The molecule has 0 spiro atoms. The van der Waals surface area contributed by atoms with Crippen LogP contribution in [0.1, 0.15) is 20.2 Å². The van der Waals surface area contributed by atoms with E-state index in [0.717, 1.165) is 11.1 Å². The van der Waals surface area contributed by atoms with Gasteiger partial charge in [0.25, 0.3) is 11.8 Å². The average Bonchev–Trinajstić information content (AvgIpc) is 3.42. The van der Waals surface area contributed by atoms with Crippen molar-refractivity contribution in [2.45, 2.75) is 0 Å². The third kappa shape index (κ3) is 3.87. The number of hydrogen-bond donors (Lipinski definition) is 2. The molecule has 0 aliphatic carbocycles. The SMILES string of the molecule is O=C(Nc1ccc(NC(=O)c2sccc2-c2ccccc2)cc1)c1ccco1. The number of thiophene rings is 1. The maximum absolute atomic E-state index is 12.7. The highest BCUT2D eigenvalue weighted by Gasteiger charge is 2.15. The minimum Gasteiger partial charge on any atom is -0.459 e. The van der Waals surface area contributed by atoms with Crippen molar-refractivity contribution >= 4 is 34.5 Å². The zero-order valence-electron chi connectivity index (χ0n) is 14.7. The summed E-state index contributed by atoms with van der Waals surface area (Å²) < 4.78 is 5.06. The fourth-order valence-electron chi connectivity index (χ4n) is 2.76. The number of carbonyl (C=O) groups excluding carboxylic acids is 2. The van der Waals surface area contributed by atoms with Gasteiger partial charge in [-0.2, -0.15) is 0 Å². The smallest absolute Gasteiger partial charge is 0.291 e. The maximum Gasteiger partial charge on any atom is 0.291 e. The second-order valence-electron chi connectivity index (χ2n) is 5.99. The number of carbonyl (C=O) groups is 2. The van der Waals surface area contributed by atoms with Crippen molar-refractivity contribution in [1.29, 1.82) is 0 Å². The molecule has 0 unspecified atom stereocenters. The predicted molar refractivity (Wildman–Crippen MR) is 111 cm³/mol. The van der Waals surface area contributed by atoms with Crippen LogP contribution in [0.3, 0.4) is 0 Å². The van der Waals surface area contributed by atoms with E-state index in [2.05, 4.69) is 10.6 Å². The first-order valence-electron chi connectivity index (χ1n) is 8.60. The Balaban J connectivity index is 1.45. The normalized spacial score (nSPS) is 10.4. The summed E-state index contributed by atoms with van der Waals surface area (Å²) in [5.74, 6) is -0.252. The van der Waals surface area contributed by atoms with Crippen LogP contribution in [0.2, 0.25) is 0 Å². The van der Waals surface area contributed by atoms with E-state index < -0.39 is 0 Å². The summed E-state index contributed by atoms with van der Waals surface area (Å²) in [4.78, 5) is 25.4. The van der Waals surface area contributed by atoms with Crippen LogP contribution in [0.15, 0.2) is 88.9 Å². The zero-order chi connectivity index (χ0) is 19.3. The summed E-state index contributed by atoms with van der Waals surface area (Å²) in [6.07, 6.45) is 1.45. The molecule has 6 heteroatoms. The van der Waals surface area contributed by atoms with Gasteiger partial charge in [0, 0.05) is 16.9 Å². The van der Waals surface area contributed by atoms with Crippen molar-refractivity contribution in [2.75, 3.05) is 10.6 Å². The lowest BCUT2D eigenvalue weighted by Crippen LogP contribution is -2.12. The Kier molecular flexibility index (Phi) is 5.03. The highest BCUT2D eigenvalue weighted by Crippen LogP contribution is 2.29. The maximum atomic E-state index is 12.7. The van der Waals surface area contributed by atoms with Gasteiger partial charge >= 0.3 is 0 Å². The predicted octanol–water partition coefficient (Wildman–Crippen LogP) is 5.51. The van der Waals surface area contributed by atoms with Crippen LogP contribution in [0.4, 0.5) is 11.4 Å². The minimum absolute atomic E-state index is 0.166. The summed E-state index contributed by atoms with van der Waals surface area (Å²) in [7, 11) is 0. The molecule has 138 valence electrons. The third-order valence-electron chi connectivity index (χ3n) is 4.10. The number of nitrogens with one attached hydrogen (secondary N) is 2. The summed E-state index contributed by atoms with van der Waals surface area (Å²) >= 11 is 1.40. The van der Waals surface area contributed by atoms with Crippen LogP contribution in [-0.2, 0) is 0 Å². The molecular weight excluding hydrogens is 372 g/mol. The molecule has 0 fully saturated rings. The van der Waals surface area contributed by atoms with Gasteiger partial charge in [0.15, 0.2) is 5.76 Å². The molecule has 0 aliphatic heterocycles. The monoisotopic (exact) mass is 388 g/mol. The van der Waals surface area contributed by atoms with Crippen LogP contribution in [0, 0.1) is 0 Å². The first-order valence-corrected chi connectivity index (χ1v) is 9.48. The average molecular weight is 388 g/mol. The standard InChI is InChI=1S/C22H16N2O3S/c25-21(19-7-4-13-27-19)23-16-8-10-17(11-9-16)24-22(26)20-18(12-14-28-20)15-5-2-1-3-6-15/h1-14H,(H,23,25)(H,24,26). The van der Waals surface area contributed by atoms with Crippen molar-refractivity contribution in [3.63, 3.8) is 0 Å². The molecule has 0 saturated heterocycles. The van der Waals surface area contributed by atoms with Gasteiger partial charge in [0.1, 0.15) is 0 Å². The second-order valence-corrected chi connectivity index (χ2v) is 6.91. The highest BCUT2D eigenvalue weighted by molar-refractivity contribution is 7.12. The van der Waals surface area contributed by atoms with Gasteiger partial charge in [-0.25, -0.2) is 0 Å². The molecule has 2 heterocycles. The first kappa shape index (κ1) is 17.8. The highest BCUT2D eigenvalue weighted by atomic mass is 32.1. The number of benzene rings is 2. The molecule has 0 bridgehead atoms. The van der Waals surface area contributed by atoms with Crippen LogP contribution >= 0.6 is 11.3 Å². The van der Waals surface area contributed by atoms with Crippen LogP contribution in [0.5, 0.6) is 0 Å². The van der Waals surface area contributed by atoms with Gasteiger partial charge < -0.3 is 15.1 Å². The molecule has 0 saturated carbocycles. The Morgan fingerprint density at radius 1 is 0.750 bits per heavy atom. The molecule has 5 nitrogen and oxygen atoms in total. The quantitative estimate of drug-likeness (QED) is 0.473. The van der Waals surface area contributed by atoms with Crippen molar-refractivity contribution in [2.24, 2.45) is 0 Å². The molecule has 2 amide bonds. The molecule has 0 aliphatic rings. The second kappa shape index (κ2) is 7.94. The van der Waals surface area contributed by atoms with E-state index >= 15 is 0 Å². The summed E-state index contributed by atoms with van der Waals surface area (Å²) in [5.41, 5.74) is 3.17. The topological polar surface area (TPSA) is 71.3 Å². The molecule has 28 heavy (non-hydrogen) atoms. The fraction of sp³-hybridized carbons (Fsp3) is 0. The van der Waals surface area contributed by atoms with Gasteiger partial charge in [-0.3, -0.25) is 9.59 Å². The number of rotatable bonds is 5. The summed E-state index contributed by atoms with van der Waals surface area (Å²) in [6.45, 7) is 0. The molecule has 2 aromatic carbocycles. The van der Waals surface area contributed by atoms with Crippen molar-refractivity contribution in [3.05, 3.63) is 95.1 Å². The molecule has 2 N–H and O–H groups in total. The van der Waals surface area contributed by atoms with E-state index in [9.17, 15) is 9.59 Å². The van der Waals surface area contributed by atoms with E-state index in [1.807, 2.05) is 41.8 Å². The Morgan fingerprint density at radius 3 is 2.07 bits per heavy atom. The van der Waals surface area contributed by atoms with Crippen molar-refractivity contribution in [3.8, 4) is 11.1 Å². The number of hydrogen-bond acceptors (Lipinski definition) is 4. The van der Waals surface area contributed by atoms with E-state index in [4.69, 9.17) is 4.42 Å². The Hall–Kier alpha value is -3.64. The zero-order valence-corrected chi connectivity index (χ0v) is 15.5. The van der Waals surface area contributed by atoms with E-state index in [0.29, 0.717) is 16.3 Å². The molecule has 4 aromatic rings. The Morgan fingerprint density at radius 2 is 1.43 bits per heavy atom. The van der Waals surface area contributed by atoms with Crippen LogP contribution in [-0.4, -0.2) is 11.8 Å². The van der Waals surface area contributed by atoms with Gasteiger partial charge in [-0.15, -0.1) is 11.3 Å². The lowest BCUT2D eigenvalue weighted by atomic mass is 10.1. The summed E-state index contributed by atoms with van der Waals surface area (Å²) in [5, 5.41) is 7.55. The molecule has 0 atom stereocenters. The van der Waals surface area contributed by atoms with Gasteiger partial charge in [-0.1, -0.05) is 30.3 Å². The third-order valence-corrected chi connectivity index (χ3v) is 5.02. The van der Waals surface area contributed by atoms with Crippen LogP contribution in [0.25, 0.3) is 11.1 Å². The minimum atomic E-state index is -0.326. The molecule has 0 radical (unpaired) electrons. The Bertz CT molecular complexity index is 1080. The Labute approximate surface area is 165 Å². The number of furan rings is 1. The van der Waals surface area contributed by atoms with Gasteiger partial charge in [0.2, 0.25) is 0 Å². The van der Waals surface area contributed by atoms with Crippen molar-refractivity contribution in [1.82, 2.24) is 0 Å². The molecular formula is C22H16N2O3S. The largest absolute Gasteiger partial charge is 0.459 e. The van der Waals surface area contributed by atoms with Crippen molar-refractivity contribution < 1.29 is 14.0 Å².